The smallest absolute Gasteiger partial charge is 0.387 e. The number of aromatic nitrogens is 4. The van der Waals surface area contributed by atoms with Gasteiger partial charge >= 0.3 is 7.82 Å². The van der Waals surface area contributed by atoms with E-state index in [0.717, 1.165) is 4.68 Å². The van der Waals surface area contributed by atoms with Crippen molar-refractivity contribution in [2.75, 3.05) is 12.3 Å². The van der Waals surface area contributed by atoms with E-state index in [1.807, 2.05) is 0 Å². The van der Waals surface area contributed by atoms with E-state index < -0.39 is 39.0 Å². The molecule has 25 heavy (non-hydrogen) atoms. The predicted octanol–water partition coefficient (Wildman–Crippen LogP) is -1.88. The van der Waals surface area contributed by atoms with Gasteiger partial charge in [0, 0.05) is 0 Å². The number of anilines is 1. The first-order chi connectivity index (χ1) is 11.7. The Morgan fingerprint density at radius 3 is 2.76 bits per heavy atom. The van der Waals surface area contributed by atoms with Gasteiger partial charge in [-0.25, -0.2) is 19.2 Å². The summed E-state index contributed by atoms with van der Waals surface area (Å²) in [6, 6.07) is 0. The van der Waals surface area contributed by atoms with Crippen LogP contribution >= 0.6 is 7.82 Å². The first kappa shape index (κ1) is 17.7. The summed E-state index contributed by atoms with van der Waals surface area (Å²) in [6.07, 6.45) is 1.16. The lowest BCUT2D eigenvalue weighted by molar-refractivity contribution is -0.0559. The summed E-state index contributed by atoms with van der Waals surface area (Å²) in [4.78, 5) is 25.3. The molecule has 1 fully saturated rings. The summed E-state index contributed by atoms with van der Waals surface area (Å²) in [7, 11) is -4.76. The van der Waals surface area contributed by atoms with Gasteiger partial charge in [-0.3, -0.25) is 4.52 Å². The number of hydrogen-bond acceptors (Lipinski definition) is 9. The third-order valence-electron chi connectivity index (χ3n) is 3.64. The summed E-state index contributed by atoms with van der Waals surface area (Å²) < 4.78 is 21.7. The van der Waals surface area contributed by atoms with Crippen molar-refractivity contribution in [2.45, 2.75) is 24.5 Å². The number of phosphoric ester groups is 1. The highest BCUT2D eigenvalue weighted by atomic mass is 31.2. The fourth-order valence-corrected chi connectivity index (χ4v) is 2.85. The van der Waals surface area contributed by atoms with Crippen molar-refractivity contribution in [3.8, 4) is 12.3 Å². The molecular formula is C12H14N5O7P. The molecule has 13 heteroatoms. The zero-order valence-electron chi connectivity index (χ0n) is 12.5. The Bertz CT molecular complexity index is 890. The molecule has 3 rings (SSSR count). The SMILES string of the molecule is C#Cc1nn([C@@H]2O[C@H](COP(=O)(O)O)[C@@H](O)[C@H]2O)c2ncnc(N)c12. The summed E-state index contributed by atoms with van der Waals surface area (Å²) in [6.45, 7) is -0.642. The van der Waals surface area contributed by atoms with E-state index in [4.69, 9.17) is 26.7 Å². The molecule has 1 aliphatic rings. The fraction of sp³-hybridized carbons (Fsp3) is 0.417. The molecule has 12 nitrogen and oxygen atoms in total. The molecular weight excluding hydrogens is 357 g/mol. The van der Waals surface area contributed by atoms with Gasteiger partial charge in [0.05, 0.1) is 12.0 Å². The van der Waals surface area contributed by atoms with E-state index in [1.54, 1.807) is 0 Å². The Morgan fingerprint density at radius 2 is 2.12 bits per heavy atom. The monoisotopic (exact) mass is 371 g/mol. The molecule has 2 aromatic heterocycles. The van der Waals surface area contributed by atoms with E-state index in [-0.39, 0.29) is 22.5 Å². The summed E-state index contributed by atoms with van der Waals surface area (Å²) >= 11 is 0. The van der Waals surface area contributed by atoms with Crippen LogP contribution in [0.15, 0.2) is 6.33 Å². The van der Waals surface area contributed by atoms with Crippen molar-refractivity contribution < 1.29 is 33.8 Å². The number of terminal acetylenes is 1. The first-order valence-corrected chi connectivity index (χ1v) is 8.43. The molecule has 4 atom stereocenters. The molecule has 0 aliphatic carbocycles. The molecule has 1 saturated heterocycles. The van der Waals surface area contributed by atoms with Gasteiger partial charge in [0.15, 0.2) is 11.9 Å². The lowest BCUT2D eigenvalue weighted by atomic mass is 10.1. The maximum Gasteiger partial charge on any atom is 0.469 e. The summed E-state index contributed by atoms with van der Waals surface area (Å²) in [5.74, 6) is 2.40. The Balaban J connectivity index is 1.95. The number of phosphoric acid groups is 1. The Kier molecular flexibility index (Phi) is 4.48. The van der Waals surface area contributed by atoms with Gasteiger partial charge in [0.25, 0.3) is 0 Å². The molecule has 0 unspecified atom stereocenters. The van der Waals surface area contributed by atoms with Gasteiger partial charge < -0.3 is 30.5 Å². The summed E-state index contributed by atoms with van der Waals surface area (Å²) in [5.41, 5.74) is 6.06. The molecule has 0 bridgehead atoms. The maximum absolute atomic E-state index is 10.8. The number of aliphatic hydroxyl groups excluding tert-OH is 2. The van der Waals surface area contributed by atoms with E-state index in [2.05, 4.69) is 25.5 Å². The van der Waals surface area contributed by atoms with E-state index >= 15 is 0 Å². The maximum atomic E-state index is 10.8. The number of hydrogen-bond donors (Lipinski definition) is 5. The van der Waals surface area contributed by atoms with Crippen LogP contribution in [0.25, 0.3) is 11.0 Å². The average Bonchev–Trinajstić information content (AvgIpc) is 3.05. The molecule has 0 spiro atoms. The van der Waals surface area contributed by atoms with Gasteiger partial charge in [0.1, 0.15) is 36.2 Å². The molecule has 6 N–H and O–H groups in total. The topological polar surface area (TPSA) is 186 Å². The Morgan fingerprint density at radius 1 is 1.40 bits per heavy atom. The number of ether oxygens (including phenoxy) is 1. The zero-order valence-corrected chi connectivity index (χ0v) is 13.4. The third kappa shape index (κ3) is 3.22. The van der Waals surface area contributed by atoms with Crippen molar-refractivity contribution in [2.24, 2.45) is 0 Å². The number of aliphatic hydroxyl groups is 2. The van der Waals surface area contributed by atoms with Crippen LogP contribution in [0, 0.1) is 12.3 Å². The molecule has 1 aliphatic heterocycles. The fourth-order valence-electron chi connectivity index (χ4n) is 2.51. The highest BCUT2D eigenvalue weighted by Gasteiger charge is 2.45. The van der Waals surface area contributed by atoms with Crippen LogP contribution in [0.1, 0.15) is 11.9 Å². The minimum Gasteiger partial charge on any atom is -0.387 e. The van der Waals surface area contributed by atoms with Crippen LogP contribution in [-0.4, -0.2) is 64.7 Å². The van der Waals surface area contributed by atoms with Gasteiger partial charge in [-0.1, -0.05) is 0 Å². The highest BCUT2D eigenvalue weighted by Crippen LogP contribution is 2.39. The normalized spacial score (nSPS) is 26.8. The van der Waals surface area contributed by atoms with Crippen LogP contribution in [-0.2, 0) is 13.8 Å². The van der Waals surface area contributed by atoms with Crippen LogP contribution < -0.4 is 5.73 Å². The van der Waals surface area contributed by atoms with E-state index in [1.165, 1.54) is 6.33 Å². The van der Waals surface area contributed by atoms with Gasteiger partial charge in [-0.05, 0) is 5.92 Å². The molecule has 0 amide bonds. The predicted molar refractivity (Wildman–Crippen MR) is 81.6 cm³/mol. The number of fused-ring (bicyclic) bond motifs is 1. The second kappa shape index (κ2) is 6.32. The van der Waals surface area contributed by atoms with Crippen molar-refractivity contribution in [3.05, 3.63) is 12.0 Å². The minimum absolute atomic E-state index is 0.0821. The van der Waals surface area contributed by atoms with Crippen LogP contribution in [0.5, 0.6) is 0 Å². The van der Waals surface area contributed by atoms with Crippen LogP contribution in [0.2, 0.25) is 0 Å². The highest BCUT2D eigenvalue weighted by molar-refractivity contribution is 7.46. The van der Waals surface area contributed by atoms with Gasteiger partial charge in [-0.2, -0.15) is 5.10 Å². The number of nitrogens with zero attached hydrogens (tertiary/aromatic N) is 4. The van der Waals surface area contributed by atoms with Crippen molar-refractivity contribution >= 4 is 24.7 Å². The van der Waals surface area contributed by atoms with Crippen LogP contribution in [0.4, 0.5) is 5.82 Å². The molecule has 134 valence electrons. The zero-order chi connectivity index (χ0) is 18.4. The van der Waals surface area contributed by atoms with Crippen molar-refractivity contribution in [1.82, 2.24) is 19.7 Å². The number of nitrogen functional groups attached to an aromatic ring is 1. The second-order valence-corrected chi connectivity index (χ2v) is 6.47. The van der Waals surface area contributed by atoms with E-state index in [0.29, 0.717) is 0 Å². The Labute approximate surface area is 140 Å². The van der Waals surface area contributed by atoms with Crippen molar-refractivity contribution in [3.63, 3.8) is 0 Å². The van der Waals surface area contributed by atoms with Gasteiger partial charge in [-0.15, -0.1) is 6.42 Å². The van der Waals surface area contributed by atoms with E-state index in [9.17, 15) is 14.8 Å². The standard InChI is InChI=1S/C12H14N5O7P/c1-2-5-7-10(13)14-4-15-11(7)17(16-5)12-9(19)8(18)6(24-12)3-23-25(20,21)22/h1,4,6,8-9,12,18-19H,3H2,(H2,13,14,15)(H2,20,21,22)/t6-,8-,9-,12-/m1/s1. The molecule has 3 heterocycles. The lowest BCUT2D eigenvalue weighted by Gasteiger charge is -2.15. The summed E-state index contributed by atoms with van der Waals surface area (Å²) in [5, 5.41) is 24.6. The average molecular weight is 371 g/mol. The molecule has 0 saturated carbocycles. The quantitative estimate of drug-likeness (QED) is 0.299. The minimum atomic E-state index is -4.76. The number of nitrogens with two attached hydrogens (primary N) is 1. The molecule has 0 radical (unpaired) electrons. The number of rotatable bonds is 4. The molecule has 2 aromatic rings. The largest absolute Gasteiger partial charge is 0.469 e. The first-order valence-electron chi connectivity index (χ1n) is 6.90. The van der Waals surface area contributed by atoms with Crippen molar-refractivity contribution in [1.29, 1.82) is 0 Å². The van der Waals surface area contributed by atoms with Gasteiger partial charge in [0.2, 0.25) is 0 Å². The lowest BCUT2D eigenvalue weighted by Crippen LogP contribution is -2.33. The third-order valence-corrected chi connectivity index (χ3v) is 4.13. The molecule has 0 aromatic carbocycles. The van der Waals surface area contributed by atoms with Crippen LogP contribution in [0.3, 0.4) is 0 Å². The Hall–Kier alpha value is -2.10. The second-order valence-electron chi connectivity index (χ2n) is 5.23.